The number of ether oxygens (including phenoxy) is 2. The van der Waals surface area contributed by atoms with Crippen molar-refractivity contribution in [2.45, 2.75) is 50.0 Å². The Morgan fingerprint density at radius 2 is 1.03 bits per heavy atom. The number of halogens is 5. The molecule has 0 fully saturated rings. The molecular weight excluding hydrogens is 970 g/mol. The van der Waals surface area contributed by atoms with Gasteiger partial charge in [0.2, 0.25) is 12.1 Å². The van der Waals surface area contributed by atoms with E-state index >= 15 is 0 Å². The number of anilines is 4. The van der Waals surface area contributed by atoms with Crippen molar-refractivity contribution in [2.75, 3.05) is 35.5 Å². The van der Waals surface area contributed by atoms with E-state index in [4.69, 9.17) is 67.5 Å². The molecular formula is C46H41Cl5N8O8. The van der Waals surface area contributed by atoms with E-state index in [1.807, 2.05) is 0 Å². The highest BCUT2D eigenvalue weighted by atomic mass is 35.5. The maximum absolute atomic E-state index is 13.5. The number of hydrogen-bond acceptors (Lipinski definition) is 12. The third-order valence-electron chi connectivity index (χ3n) is 9.70. The second kappa shape index (κ2) is 23.8. The Kier molecular flexibility index (Phi) is 18.3. The zero-order chi connectivity index (χ0) is 48.9. The monoisotopic (exact) mass is 1010 g/mol. The van der Waals surface area contributed by atoms with E-state index in [2.05, 4.69) is 41.7 Å². The minimum Gasteiger partial charge on any atom is -0.497 e. The van der Waals surface area contributed by atoms with Crippen LogP contribution in [0.1, 0.15) is 63.6 Å². The fraction of sp³-hybridized carbons (Fsp3) is 0.217. The van der Waals surface area contributed by atoms with Gasteiger partial charge in [0, 0.05) is 46.6 Å². The number of azo groups is 2. The lowest BCUT2D eigenvalue weighted by molar-refractivity contribution is -0.127. The average Bonchev–Trinajstić information content (AvgIpc) is 3.30. The van der Waals surface area contributed by atoms with Crippen LogP contribution in [0, 0.1) is 0 Å². The molecule has 0 aromatic heterocycles. The van der Waals surface area contributed by atoms with E-state index in [1.165, 1.54) is 68.8 Å². The fourth-order valence-corrected chi connectivity index (χ4v) is 7.27. The summed E-state index contributed by atoms with van der Waals surface area (Å²) < 4.78 is 10.5. The average molecular weight is 1010 g/mol. The van der Waals surface area contributed by atoms with Gasteiger partial charge in [0.25, 0.3) is 23.6 Å². The summed E-state index contributed by atoms with van der Waals surface area (Å²) in [5.74, 6) is -3.05. The third kappa shape index (κ3) is 13.1. The summed E-state index contributed by atoms with van der Waals surface area (Å²) in [6, 6.07) is 19.9. The van der Waals surface area contributed by atoms with Gasteiger partial charge in [-0.3, -0.25) is 28.8 Å². The molecule has 4 N–H and O–H groups in total. The number of benzene rings is 5. The van der Waals surface area contributed by atoms with E-state index in [0.717, 1.165) is 13.8 Å². The molecule has 5 aromatic rings. The third-order valence-corrected chi connectivity index (χ3v) is 11.3. The summed E-state index contributed by atoms with van der Waals surface area (Å²) in [4.78, 5) is 79.0. The molecule has 3 unspecified atom stereocenters. The fourth-order valence-electron chi connectivity index (χ4n) is 6.13. The number of nitrogens with one attached hydrogen (secondary N) is 4. The van der Waals surface area contributed by atoms with Crippen molar-refractivity contribution in [1.82, 2.24) is 0 Å². The molecule has 0 aliphatic heterocycles. The second-order valence-electron chi connectivity index (χ2n) is 14.4. The predicted octanol–water partition coefficient (Wildman–Crippen LogP) is 11.7. The van der Waals surface area contributed by atoms with Crippen LogP contribution in [0.3, 0.4) is 0 Å². The van der Waals surface area contributed by atoms with Gasteiger partial charge < -0.3 is 30.7 Å². The summed E-state index contributed by atoms with van der Waals surface area (Å²) in [5, 5.41) is 25.8. The van der Waals surface area contributed by atoms with Crippen LogP contribution >= 0.6 is 58.0 Å². The normalized spacial score (nSPS) is 12.5. The molecule has 0 heterocycles. The molecule has 4 amide bonds. The summed E-state index contributed by atoms with van der Waals surface area (Å²) in [6.07, 6.45) is 0. The highest BCUT2D eigenvalue weighted by Crippen LogP contribution is 2.34. The van der Waals surface area contributed by atoms with Crippen LogP contribution in [0.25, 0.3) is 0 Å². The lowest BCUT2D eigenvalue weighted by Crippen LogP contribution is -2.32. The predicted molar refractivity (Wildman–Crippen MR) is 260 cm³/mol. The molecule has 0 saturated heterocycles. The van der Waals surface area contributed by atoms with Crippen molar-refractivity contribution in [3.63, 3.8) is 0 Å². The number of Topliss-reactive ketones (excluding diaryl/α,β-unsaturated/α-hetero) is 2. The quantitative estimate of drug-likeness (QED) is 0.0353. The van der Waals surface area contributed by atoms with Crippen LogP contribution in [0.4, 0.5) is 34.1 Å². The van der Waals surface area contributed by atoms with Crippen molar-refractivity contribution < 1.29 is 38.2 Å². The molecule has 5 aromatic carbocycles. The van der Waals surface area contributed by atoms with Crippen molar-refractivity contribution >= 4 is 127 Å². The summed E-state index contributed by atoms with van der Waals surface area (Å²) in [7, 11) is 2.97. The van der Waals surface area contributed by atoms with Crippen LogP contribution in [0.15, 0.2) is 111 Å². The first-order valence-electron chi connectivity index (χ1n) is 19.9. The van der Waals surface area contributed by atoms with Gasteiger partial charge in [-0.25, -0.2) is 0 Å². The Bertz CT molecular complexity index is 2790. The van der Waals surface area contributed by atoms with Crippen LogP contribution < -0.4 is 30.7 Å². The van der Waals surface area contributed by atoms with Crippen LogP contribution in [0.5, 0.6) is 11.5 Å². The molecule has 0 saturated carbocycles. The number of nitrogens with zero attached hydrogens (tertiary/aromatic N) is 4. The molecule has 0 aliphatic rings. The largest absolute Gasteiger partial charge is 0.497 e. The highest BCUT2D eigenvalue weighted by molar-refractivity contribution is 6.37. The zero-order valence-corrected chi connectivity index (χ0v) is 40.0. The molecule has 0 bridgehead atoms. The lowest BCUT2D eigenvalue weighted by atomic mass is 10.1. The SMILES string of the molecule is COc1ccc(CCl)c(NC(=O)c2cccc(N=NC(C(C)=O)C(=O)Nc3ccc(NC(=O)C(N=Nc4cccc(C(=O)Nc5cc(OC)ccc5CCl)c4Cl)C(C)=O)c(C(C)Cl)c3)c2Cl)c1. The lowest BCUT2D eigenvalue weighted by Gasteiger charge is -2.17. The van der Waals surface area contributed by atoms with E-state index in [1.54, 1.807) is 43.3 Å². The first-order valence-corrected chi connectivity index (χ1v) is 22.1. The van der Waals surface area contributed by atoms with E-state index in [9.17, 15) is 28.8 Å². The van der Waals surface area contributed by atoms with Gasteiger partial charge in [-0.15, -0.1) is 34.8 Å². The van der Waals surface area contributed by atoms with Gasteiger partial charge in [-0.1, -0.05) is 47.5 Å². The summed E-state index contributed by atoms with van der Waals surface area (Å²) in [6.45, 7) is 3.90. The minimum absolute atomic E-state index is 0.00107. The number of amides is 4. The smallest absolute Gasteiger partial charge is 0.258 e. The topological polar surface area (TPSA) is 218 Å². The Balaban J connectivity index is 1.29. The Morgan fingerprint density at radius 3 is 1.43 bits per heavy atom. The Labute approximate surface area is 409 Å². The van der Waals surface area contributed by atoms with Gasteiger partial charge >= 0.3 is 0 Å². The van der Waals surface area contributed by atoms with Gasteiger partial charge in [0.05, 0.1) is 40.8 Å². The number of hydrogen-bond donors (Lipinski definition) is 4. The number of carbonyl (C=O) groups is 6. The number of carbonyl (C=O) groups excluding carboxylic acids is 6. The molecule has 5 rings (SSSR count). The number of methoxy groups -OCH3 is 2. The highest BCUT2D eigenvalue weighted by Gasteiger charge is 2.27. The van der Waals surface area contributed by atoms with E-state index in [-0.39, 0.29) is 55.7 Å². The van der Waals surface area contributed by atoms with Crippen molar-refractivity contribution in [1.29, 1.82) is 0 Å². The molecule has 348 valence electrons. The van der Waals surface area contributed by atoms with Gasteiger partial charge in [-0.05, 0) is 92.1 Å². The maximum atomic E-state index is 13.5. The Hall–Kier alpha value is -6.43. The molecule has 0 spiro atoms. The summed E-state index contributed by atoms with van der Waals surface area (Å²) >= 11 is 31.8. The number of ketones is 2. The molecule has 21 heteroatoms. The maximum Gasteiger partial charge on any atom is 0.258 e. The molecule has 3 atom stereocenters. The molecule has 0 radical (unpaired) electrons. The van der Waals surface area contributed by atoms with E-state index < -0.39 is 52.7 Å². The van der Waals surface area contributed by atoms with Crippen molar-refractivity contribution in [2.24, 2.45) is 20.5 Å². The molecule has 0 aliphatic carbocycles. The van der Waals surface area contributed by atoms with Gasteiger partial charge in [0.15, 0.2) is 11.6 Å². The van der Waals surface area contributed by atoms with E-state index in [0.29, 0.717) is 39.6 Å². The first kappa shape index (κ1) is 51.6. The van der Waals surface area contributed by atoms with Crippen LogP contribution in [-0.2, 0) is 30.9 Å². The van der Waals surface area contributed by atoms with Crippen molar-refractivity contribution in [3.05, 3.63) is 129 Å². The molecule has 67 heavy (non-hydrogen) atoms. The van der Waals surface area contributed by atoms with Crippen LogP contribution in [-0.4, -0.2) is 61.5 Å². The van der Waals surface area contributed by atoms with Gasteiger partial charge in [-0.2, -0.15) is 20.5 Å². The van der Waals surface area contributed by atoms with Crippen LogP contribution in [0.2, 0.25) is 10.0 Å². The standard InChI is InChI=1S/C46H41Cl5N8O8/c1-23(49)33-18-28(52-45(64)41(24(2)60)58-56-35-10-6-8-31(39(35)50)43(62)54-37-19-29(66-4)15-12-26(37)21-47)14-17-34(33)53-46(65)42(25(3)61)59-57-36-11-7-9-32(40(36)51)44(63)55-38-20-30(67-5)16-13-27(38)22-48/h6-20,23,41-42H,21-22H2,1-5H3,(H,52,64)(H,53,65)(H,54,62)(H,55,63). The first-order chi connectivity index (χ1) is 32.0. The second-order valence-corrected chi connectivity index (χ2v) is 16.3. The Morgan fingerprint density at radius 1 is 0.582 bits per heavy atom. The molecule has 16 nitrogen and oxygen atoms in total. The van der Waals surface area contributed by atoms with Crippen molar-refractivity contribution in [3.8, 4) is 11.5 Å². The minimum atomic E-state index is -1.66. The zero-order valence-electron chi connectivity index (χ0n) is 36.3. The number of rotatable bonds is 19. The number of alkyl halides is 3. The van der Waals surface area contributed by atoms with Gasteiger partial charge in [0.1, 0.15) is 22.9 Å². The summed E-state index contributed by atoms with van der Waals surface area (Å²) in [5.41, 5.74) is 2.79.